The second-order valence-electron chi connectivity index (χ2n) is 7.09. The van der Waals surface area contributed by atoms with Gasteiger partial charge >= 0.3 is 0 Å². The summed E-state index contributed by atoms with van der Waals surface area (Å²) >= 11 is 3.25. The summed E-state index contributed by atoms with van der Waals surface area (Å²) in [7, 11) is -2.33. The first kappa shape index (κ1) is 21.2. The van der Waals surface area contributed by atoms with Gasteiger partial charge in [-0.05, 0) is 57.9 Å². The lowest BCUT2D eigenvalue weighted by molar-refractivity contribution is 0.371. The number of phenols is 1. The van der Waals surface area contributed by atoms with Gasteiger partial charge in [0.25, 0.3) is 0 Å². The molecule has 0 aliphatic carbocycles. The molecule has 0 bridgehead atoms. The second kappa shape index (κ2) is 7.59. The Morgan fingerprint density at radius 1 is 1.32 bits per heavy atom. The number of anilines is 1. The summed E-state index contributed by atoms with van der Waals surface area (Å²) in [6.07, 6.45) is 0.196. The van der Waals surface area contributed by atoms with Gasteiger partial charge in [-0.3, -0.25) is 4.90 Å². The molecule has 0 amide bonds. The van der Waals surface area contributed by atoms with Crippen LogP contribution < -0.4 is 15.4 Å². The summed E-state index contributed by atoms with van der Waals surface area (Å²) in [5.74, 6) is -1.49. The van der Waals surface area contributed by atoms with Gasteiger partial charge in [-0.15, -0.1) is 0 Å². The molecule has 3 N–H and O–H groups in total. The zero-order valence-electron chi connectivity index (χ0n) is 16.3. The number of aromatic hydroxyl groups is 1. The minimum absolute atomic E-state index is 0.0354. The van der Waals surface area contributed by atoms with Gasteiger partial charge in [-0.25, -0.2) is 12.8 Å². The quantitative estimate of drug-likeness (QED) is 0.653. The largest absolute Gasteiger partial charge is 0.503 e. The molecule has 0 radical (unpaired) electrons. The monoisotopic (exact) mass is 505 g/mol. The molecule has 1 atom stereocenters. The van der Waals surface area contributed by atoms with E-state index in [4.69, 9.17) is 10.5 Å². The number of benzene rings is 2. The summed E-state index contributed by atoms with van der Waals surface area (Å²) in [6.45, 7) is 0. The van der Waals surface area contributed by atoms with Gasteiger partial charge in [-0.2, -0.15) is 5.26 Å². The molecule has 2 aromatic rings. The molecule has 0 saturated heterocycles. The summed E-state index contributed by atoms with van der Waals surface area (Å²) in [5, 5.41) is 20.1. The van der Waals surface area contributed by atoms with Gasteiger partial charge in [0.15, 0.2) is 21.3 Å². The van der Waals surface area contributed by atoms with Crippen LogP contribution in [0.15, 0.2) is 62.9 Å². The average Bonchev–Trinajstić information content (AvgIpc) is 3.04. The van der Waals surface area contributed by atoms with Crippen molar-refractivity contribution in [1.29, 1.82) is 5.26 Å². The van der Waals surface area contributed by atoms with Gasteiger partial charge in [0.05, 0.1) is 39.8 Å². The molecular formula is C21H17BrFN3O4S. The Morgan fingerprint density at radius 2 is 2.00 bits per heavy atom. The Hall–Kier alpha value is -3.03. The first-order valence-electron chi connectivity index (χ1n) is 9.17. The van der Waals surface area contributed by atoms with E-state index in [2.05, 4.69) is 22.0 Å². The number of phenolic OH excluding ortho intramolecular Hbond substituents is 1. The van der Waals surface area contributed by atoms with Crippen LogP contribution in [-0.4, -0.2) is 26.4 Å². The predicted molar refractivity (Wildman–Crippen MR) is 116 cm³/mol. The highest BCUT2D eigenvalue weighted by molar-refractivity contribution is 9.10. The highest BCUT2D eigenvalue weighted by atomic mass is 79.9. The van der Waals surface area contributed by atoms with Crippen LogP contribution in [0.2, 0.25) is 0 Å². The molecule has 1 unspecified atom stereocenters. The zero-order valence-corrected chi connectivity index (χ0v) is 18.7. The van der Waals surface area contributed by atoms with Crippen molar-refractivity contribution in [3.8, 4) is 17.6 Å². The normalized spacial score (nSPS) is 19.9. The minimum Gasteiger partial charge on any atom is -0.503 e. The smallest absolute Gasteiger partial charge is 0.177 e. The van der Waals surface area contributed by atoms with E-state index in [-0.39, 0.29) is 44.4 Å². The summed E-state index contributed by atoms with van der Waals surface area (Å²) in [5.41, 5.74) is 7.74. The third kappa shape index (κ3) is 3.34. The molecule has 2 aromatic carbocycles. The number of halogens is 2. The van der Waals surface area contributed by atoms with Crippen LogP contribution in [-0.2, 0) is 9.84 Å². The number of nitrogens with two attached hydrogens (primary N) is 1. The van der Waals surface area contributed by atoms with E-state index in [1.54, 1.807) is 6.07 Å². The van der Waals surface area contributed by atoms with E-state index in [1.165, 1.54) is 42.3 Å². The number of sulfone groups is 1. The average molecular weight is 506 g/mol. The SMILES string of the molecule is COc1cc(C2C(C#N)=C(N)N(c3ccc(F)cc3)C3=C2S(=O)(=O)CC3)cc(Br)c1O. The van der Waals surface area contributed by atoms with Crippen molar-refractivity contribution in [2.75, 3.05) is 17.8 Å². The van der Waals surface area contributed by atoms with Gasteiger partial charge in [-0.1, -0.05) is 0 Å². The molecule has 2 aliphatic rings. The predicted octanol–water partition coefficient (Wildman–Crippen LogP) is 3.63. The standard InChI is InChI=1S/C21H17BrFN3O4S/c1-30-17-9-11(8-15(22)19(17)27)18-14(10-24)21(25)26(13-4-2-12(23)3-5-13)16-6-7-31(28,29)20(16)18/h2-5,8-9,18,27H,6-7,25H2,1H3. The molecule has 7 nitrogen and oxygen atoms in total. The number of nitriles is 1. The lowest BCUT2D eigenvalue weighted by atomic mass is 9.87. The maximum atomic E-state index is 13.5. The van der Waals surface area contributed by atoms with E-state index in [0.717, 1.165) is 0 Å². The first-order valence-corrected chi connectivity index (χ1v) is 11.6. The van der Waals surface area contributed by atoms with E-state index < -0.39 is 21.6 Å². The van der Waals surface area contributed by atoms with Gasteiger partial charge in [0.2, 0.25) is 0 Å². The van der Waals surface area contributed by atoms with Gasteiger partial charge in [0, 0.05) is 17.8 Å². The number of hydrogen-bond acceptors (Lipinski definition) is 7. The molecule has 160 valence electrons. The fraction of sp³-hybridized carbons (Fsp3) is 0.190. The summed E-state index contributed by atoms with van der Waals surface area (Å²) in [4.78, 5) is 1.57. The number of ether oxygens (including phenoxy) is 1. The summed E-state index contributed by atoms with van der Waals surface area (Å²) < 4.78 is 45.1. The van der Waals surface area contributed by atoms with E-state index in [9.17, 15) is 23.2 Å². The van der Waals surface area contributed by atoms with Crippen molar-refractivity contribution in [1.82, 2.24) is 0 Å². The number of rotatable bonds is 3. The zero-order chi connectivity index (χ0) is 22.5. The van der Waals surface area contributed by atoms with Crippen LogP contribution >= 0.6 is 15.9 Å². The summed E-state index contributed by atoms with van der Waals surface area (Å²) in [6, 6.07) is 10.5. The Bertz CT molecular complexity index is 1300. The molecule has 2 heterocycles. The molecule has 10 heteroatoms. The number of methoxy groups -OCH3 is 1. The van der Waals surface area contributed by atoms with E-state index in [1.807, 2.05) is 0 Å². The number of hydrogen-bond donors (Lipinski definition) is 2. The van der Waals surface area contributed by atoms with E-state index >= 15 is 0 Å². The second-order valence-corrected chi connectivity index (χ2v) is 10.0. The Kier molecular flexibility index (Phi) is 5.19. The Balaban J connectivity index is 2.01. The van der Waals surface area contributed by atoms with Crippen LogP contribution in [0, 0.1) is 17.1 Å². The number of allylic oxidation sites excluding steroid dienone is 3. The van der Waals surface area contributed by atoms with Crippen LogP contribution in [0.5, 0.6) is 11.5 Å². The van der Waals surface area contributed by atoms with Crippen molar-refractivity contribution in [3.05, 3.63) is 74.2 Å². The molecular weight excluding hydrogens is 489 g/mol. The minimum atomic E-state index is -3.70. The van der Waals surface area contributed by atoms with Crippen molar-refractivity contribution < 1.29 is 22.7 Å². The van der Waals surface area contributed by atoms with Crippen molar-refractivity contribution in [2.45, 2.75) is 12.3 Å². The molecule has 0 spiro atoms. The highest BCUT2D eigenvalue weighted by Gasteiger charge is 2.45. The van der Waals surface area contributed by atoms with Crippen molar-refractivity contribution in [3.63, 3.8) is 0 Å². The van der Waals surface area contributed by atoms with Crippen molar-refractivity contribution >= 4 is 31.5 Å². The molecule has 0 fully saturated rings. The van der Waals surface area contributed by atoms with Gasteiger partial charge < -0.3 is 15.6 Å². The fourth-order valence-corrected chi connectivity index (χ4v) is 6.30. The van der Waals surface area contributed by atoms with Gasteiger partial charge in [0.1, 0.15) is 11.6 Å². The molecule has 31 heavy (non-hydrogen) atoms. The van der Waals surface area contributed by atoms with Crippen molar-refractivity contribution in [2.24, 2.45) is 5.73 Å². The first-order chi connectivity index (χ1) is 14.7. The maximum Gasteiger partial charge on any atom is 0.177 e. The molecule has 4 rings (SSSR count). The topological polar surface area (TPSA) is 117 Å². The molecule has 0 saturated carbocycles. The Morgan fingerprint density at radius 3 is 2.61 bits per heavy atom. The lowest BCUT2D eigenvalue weighted by Gasteiger charge is -2.35. The highest BCUT2D eigenvalue weighted by Crippen LogP contribution is 2.50. The lowest BCUT2D eigenvalue weighted by Crippen LogP contribution is -2.34. The van der Waals surface area contributed by atoms with Crippen LogP contribution in [0.3, 0.4) is 0 Å². The van der Waals surface area contributed by atoms with E-state index in [0.29, 0.717) is 16.9 Å². The van der Waals surface area contributed by atoms with Crippen LogP contribution in [0.1, 0.15) is 17.9 Å². The molecule has 2 aliphatic heterocycles. The molecule has 0 aromatic heterocycles. The number of nitrogens with zero attached hydrogens (tertiary/aromatic N) is 2. The third-order valence-electron chi connectivity index (χ3n) is 5.37. The third-order valence-corrected chi connectivity index (χ3v) is 7.86. The van der Waals surface area contributed by atoms with Crippen LogP contribution in [0.4, 0.5) is 10.1 Å². The maximum absolute atomic E-state index is 13.5. The van der Waals surface area contributed by atoms with Crippen LogP contribution in [0.25, 0.3) is 0 Å². The fourth-order valence-electron chi connectivity index (χ4n) is 4.00. The Labute approximate surface area is 186 Å².